The Morgan fingerprint density at radius 2 is 2.05 bits per heavy atom. The van der Waals surface area contributed by atoms with Crippen LogP contribution < -0.4 is 4.74 Å². The zero-order chi connectivity index (χ0) is 15.2. The van der Waals surface area contributed by atoms with Crippen LogP contribution >= 0.6 is 11.3 Å². The third-order valence-electron chi connectivity index (χ3n) is 2.80. The molecule has 0 aliphatic carbocycles. The van der Waals surface area contributed by atoms with E-state index < -0.39 is 6.61 Å². The molecule has 0 saturated heterocycles. The predicted molar refractivity (Wildman–Crippen MR) is 80.1 cm³/mol. The highest BCUT2D eigenvalue weighted by molar-refractivity contribution is 7.14. The van der Waals surface area contributed by atoms with E-state index >= 15 is 0 Å². The molecule has 2 aromatic rings. The number of hydrogen-bond acceptors (Lipinski definition) is 3. The smallest absolute Gasteiger partial charge is 0.387 e. The first kappa shape index (κ1) is 15.4. The topological polar surface area (TPSA) is 26.3 Å². The summed E-state index contributed by atoms with van der Waals surface area (Å²) in [6.45, 7) is -0.868. The van der Waals surface area contributed by atoms with Gasteiger partial charge in [-0.1, -0.05) is 25.1 Å². The number of ether oxygens (including phenoxy) is 1. The van der Waals surface area contributed by atoms with Crippen molar-refractivity contribution in [1.82, 2.24) is 0 Å². The first-order valence-corrected chi connectivity index (χ1v) is 7.26. The number of halogens is 2. The van der Waals surface area contributed by atoms with E-state index in [0.29, 0.717) is 10.4 Å². The number of carbonyl (C=O) groups is 1. The largest absolute Gasteiger partial charge is 0.434 e. The molecule has 0 N–H and O–H groups in total. The zero-order valence-electron chi connectivity index (χ0n) is 11.4. The molecule has 1 aromatic heterocycles. The number of hydrogen-bond donors (Lipinski definition) is 0. The molecule has 5 heteroatoms. The summed E-state index contributed by atoms with van der Waals surface area (Å²) in [7, 11) is 0. The molecule has 1 aromatic carbocycles. The van der Waals surface area contributed by atoms with Gasteiger partial charge in [-0.25, -0.2) is 0 Å². The summed E-state index contributed by atoms with van der Waals surface area (Å²) in [4.78, 5) is 13.8. The van der Waals surface area contributed by atoms with Crippen LogP contribution in [-0.4, -0.2) is 12.4 Å². The zero-order valence-corrected chi connectivity index (χ0v) is 12.2. The van der Waals surface area contributed by atoms with Gasteiger partial charge < -0.3 is 4.74 Å². The minimum absolute atomic E-state index is 0.0528. The van der Waals surface area contributed by atoms with Crippen LogP contribution in [0.4, 0.5) is 8.78 Å². The maximum absolute atomic E-state index is 12.3. The Morgan fingerprint density at radius 1 is 1.29 bits per heavy atom. The maximum atomic E-state index is 12.3. The summed E-state index contributed by atoms with van der Waals surface area (Å²) in [5.41, 5.74) is 0.443. The average molecular weight is 308 g/mol. The van der Waals surface area contributed by atoms with Crippen LogP contribution in [0.15, 0.2) is 42.5 Å². The fraction of sp³-hybridized carbons (Fsp3) is 0.188. The predicted octanol–water partition coefficient (Wildman–Crippen LogP) is 4.81. The van der Waals surface area contributed by atoms with E-state index in [2.05, 4.69) is 4.74 Å². The van der Waals surface area contributed by atoms with Crippen LogP contribution in [0.3, 0.4) is 0 Å². The van der Waals surface area contributed by atoms with Crippen molar-refractivity contribution in [2.75, 3.05) is 0 Å². The standard InChI is InChI=1S/C16H14F2O2S/c1-2-12-8-10-15(21-12)13(19)9-7-11-5-3-4-6-14(11)20-16(17)18/h3-10,16H,2H2,1H3/b9-7+. The Balaban J connectivity index is 2.15. The first-order valence-electron chi connectivity index (χ1n) is 6.45. The lowest BCUT2D eigenvalue weighted by molar-refractivity contribution is -0.0499. The molecule has 0 bridgehead atoms. The number of ketones is 1. The van der Waals surface area contributed by atoms with Gasteiger partial charge in [-0.15, -0.1) is 11.3 Å². The van der Waals surface area contributed by atoms with Crippen molar-refractivity contribution in [2.45, 2.75) is 20.0 Å². The van der Waals surface area contributed by atoms with Crippen LogP contribution in [0.1, 0.15) is 27.0 Å². The second-order valence-electron chi connectivity index (χ2n) is 4.23. The van der Waals surface area contributed by atoms with E-state index in [0.717, 1.165) is 11.3 Å². The van der Waals surface area contributed by atoms with E-state index in [4.69, 9.17) is 0 Å². The Morgan fingerprint density at radius 3 is 2.71 bits per heavy atom. The summed E-state index contributed by atoms with van der Waals surface area (Å²) < 4.78 is 29.0. The SMILES string of the molecule is CCc1ccc(C(=O)/C=C/c2ccccc2OC(F)F)s1. The van der Waals surface area contributed by atoms with E-state index in [1.165, 1.54) is 29.6 Å². The number of alkyl halides is 2. The molecule has 0 aliphatic heterocycles. The third kappa shape index (κ3) is 4.23. The van der Waals surface area contributed by atoms with Gasteiger partial charge in [0.15, 0.2) is 5.78 Å². The number of para-hydroxylation sites is 1. The highest BCUT2D eigenvalue weighted by atomic mass is 32.1. The minimum atomic E-state index is -2.89. The molecule has 0 aliphatic rings. The monoisotopic (exact) mass is 308 g/mol. The molecule has 110 valence electrons. The molecule has 2 rings (SSSR count). The number of rotatable bonds is 6. The lowest BCUT2D eigenvalue weighted by atomic mass is 10.1. The van der Waals surface area contributed by atoms with Crippen LogP contribution in [0, 0.1) is 0 Å². The van der Waals surface area contributed by atoms with Crippen molar-refractivity contribution in [1.29, 1.82) is 0 Å². The van der Waals surface area contributed by atoms with Gasteiger partial charge in [0.1, 0.15) is 5.75 Å². The Hall–Kier alpha value is -2.01. The molecule has 0 amide bonds. The van der Waals surface area contributed by atoms with Crippen LogP contribution in [0.25, 0.3) is 6.08 Å². The van der Waals surface area contributed by atoms with Crippen molar-refractivity contribution in [2.24, 2.45) is 0 Å². The number of aryl methyl sites for hydroxylation is 1. The molecule has 1 heterocycles. The van der Waals surface area contributed by atoms with Crippen LogP contribution in [0.2, 0.25) is 0 Å². The maximum Gasteiger partial charge on any atom is 0.387 e. The molecular formula is C16H14F2O2S. The van der Waals surface area contributed by atoms with Gasteiger partial charge in [0, 0.05) is 10.4 Å². The molecule has 0 saturated carbocycles. The van der Waals surface area contributed by atoms with Crippen molar-refractivity contribution in [3.05, 3.63) is 57.8 Å². The average Bonchev–Trinajstić information content (AvgIpc) is 2.94. The Labute approximate surface area is 125 Å². The second kappa shape index (κ2) is 7.13. The van der Waals surface area contributed by atoms with Gasteiger partial charge in [-0.2, -0.15) is 8.78 Å². The molecule has 2 nitrogen and oxygen atoms in total. The van der Waals surface area contributed by atoms with Crippen molar-refractivity contribution in [3.63, 3.8) is 0 Å². The fourth-order valence-corrected chi connectivity index (χ4v) is 2.64. The summed E-state index contributed by atoms with van der Waals surface area (Å²) in [6.07, 6.45) is 3.75. The quantitative estimate of drug-likeness (QED) is 0.565. The summed E-state index contributed by atoms with van der Waals surface area (Å²) >= 11 is 1.44. The van der Waals surface area contributed by atoms with Crippen LogP contribution in [-0.2, 0) is 6.42 Å². The van der Waals surface area contributed by atoms with Crippen molar-refractivity contribution in [3.8, 4) is 5.75 Å². The van der Waals surface area contributed by atoms with Gasteiger partial charge in [-0.05, 0) is 36.8 Å². The number of benzene rings is 1. The lowest BCUT2D eigenvalue weighted by Gasteiger charge is -2.06. The van der Waals surface area contributed by atoms with Gasteiger partial charge in [0.25, 0.3) is 0 Å². The Kier molecular flexibility index (Phi) is 5.22. The van der Waals surface area contributed by atoms with Crippen molar-refractivity contribution < 1.29 is 18.3 Å². The van der Waals surface area contributed by atoms with Gasteiger partial charge in [0.2, 0.25) is 0 Å². The first-order chi connectivity index (χ1) is 10.1. The molecule has 0 atom stereocenters. The molecule has 21 heavy (non-hydrogen) atoms. The minimum Gasteiger partial charge on any atom is -0.434 e. The molecule has 0 unspecified atom stereocenters. The molecule has 0 fully saturated rings. The molecule has 0 spiro atoms. The summed E-state index contributed by atoms with van der Waals surface area (Å²) in [5.74, 6) is -0.0940. The summed E-state index contributed by atoms with van der Waals surface area (Å²) in [6, 6.07) is 10.0. The van der Waals surface area contributed by atoms with E-state index in [-0.39, 0.29) is 11.5 Å². The summed E-state index contributed by atoms with van der Waals surface area (Å²) in [5, 5.41) is 0. The van der Waals surface area contributed by atoms with Crippen molar-refractivity contribution >= 4 is 23.2 Å². The van der Waals surface area contributed by atoms with Gasteiger partial charge in [-0.3, -0.25) is 4.79 Å². The van der Waals surface area contributed by atoms with Gasteiger partial charge >= 0.3 is 6.61 Å². The van der Waals surface area contributed by atoms with E-state index in [1.807, 2.05) is 13.0 Å². The normalized spacial score (nSPS) is 11.2. The Bertz CT molecular complexity index is 647. The van der Waals surface area contributed by atoms with Gasteiger partial charge in [0.05, 0.1) is 4.88 Å². The number of allylic oxidation sites excluding steroid dienone is 1. The highest BCUT2D eigenvalue weighted by Crippen LogP contribution is 2.23. The third-order valence-corrected chi connectivity index (χ3v) is 4.05. The molecular weight excluding hydrogens is 294 g/mol. The number of carbonyl (C=O) groups excluding carboxylic acids is 1. The van der Waals surface area contributed by atoms with Crippen LogP contribution in [0.5, 0.6) is 5.75 Å². The van der Waals surface area contributed by atoms with E-state index in [1.54, 1.807) is 24.3 Å². The van der Waals surface area contributed by atoms with E-state index in [9.17, 15) is 13.6 Å². The molecule has 0 radical (unpaired) electrons. The highest BCUT2D eigenvalue weighted by Gasteiger charge is 2.09. The number of thiophene rings is 1. The lowest BCUT2D eigenvalue weighted by Crippen LogP contribution is -2.03. The fourth-order valence-electron chi connectivity index (χ4n) is 1.77. The second-order valence-corrected chi connectivity index (χ2v) is 5.40.